The summed E-state index contributed by atoms with van der Waals surface area (Å²) in [6.07, 6.45) is -0.266. The van der Waals surface area contributed by atoms with E-state index >= 15 is 0 Å². The maximum Gasteiger partial charge on any atom is 0.287 e. The van der Waals surface area contributed by atoms with Gasteiger partial charge in [0.05, 0.1) is 6.10 Å². The van der Waals surface area contributed by atoms with Crippen LogP contribution in [-0.2, 0) is 6.42 Å². The molecule has 23 heavy (non-hydrogen) atoms. The zero-order valence-corrected chi connectivity index (χ0v) is 12.3. The van der Waals surface area contributed by atoms with Crippen LogP contribution in [0, 0.1) is 5.82 Å². The van der Waals surface area contributed by atoms with E-state index in [1.54, 1.807) is 12.1 Å². The summed E-state index contributed by atoms with van der Waals surface area (Å²) in [4.78, 5) is 12.0. The Labute approximate surface area is 132 Å². The Bertz CT molecular complexity index is 814. The zero-order valence-electron chi connectivity index (χ0n) is 12.3. The summed E-state index contributed by atoms with van der Waals surface area (Å²) in [7, 11) is 0. The predicted octanol–water partition coefficient (Wildman–Crippen LogP) is 2.91. The van der Waals surface area contributed by atoms with Crippen molar-refractivity contribution in [3.8, 4) is 0 Å². The van der Waals surface area contributed by atoms with Crippen molar-refractivity contribution in [2.45, 2.75) is 12.5 Å². The molecule has 4 nitrogen and oxygen atoms in total. The second-order valence-electron chi connectivity index (χ2n) is 5.32. The number of carbonyl (C=O) groups is 1. The van der Waals surface area contributed by atoms with E-state index in [4.69, 9.17) is 4.42 Å². The van der Waals surface area contributed by atoms with Crippen molar-refractivity contribution in [3.63, 3.8) is 0 Å². The molecular weight excluding hydrogens is 297 g/mol. The van der Waals surface area contributed by atoms with Gasteiger partial charge in [0.15, 0.2) is 17.2 Å². The number of nitrogens with one attached hydrogen (secondary N) is 1. The van der Waals surface area contributed by atoms with Crippen LogP contribution >= 0.6 is 0 Å². The van der Waals surface area contributed by atoms with Crippen LogP contribution in [0.4, 0.5) is 4.39 Å². The quantitative estimate of drug-likeness (QED) is 0.761. The average Bonchev–Trinajstić information content (AvgIpc) is 2.99. The predicted molar refractivity (Wildman–Crippen MR) is 84.7 cm³/mol. The Morgan fingerprint density at radius 1 is 1.17 bits per heavy atom. The molecule has 2 aromatic carbocycles. The van der Waals surface area contributed by atoms with Gasteiger partial charge < -0.3 is 14.8 Å². The van der Waals surface area contributed by atoms with E-state index in [-0.39, 0.29) is 17.9 Å². The number of hydrogen-bond acceptors (Lipinski definition) is 3. The van der Waals surface area contributed by atoms with Crippen LogP contribution in [0.1, 0.15) is 16.1 Å². The van der Waals surface area contributed by atoms with E-state index in [9.17, 15) is 14.3 Å². The molecule has 0 aliphatic carbocycles. The summed E-state index contributed by atoms with van der Waals surface area (Å²) in [5, 5.41) is 13.1. The molecule has 0 aliphatic rings. The third kappa shape index (κ3) is 3.57. The highest BCUT2D eigenvalue weighted by Crippen LogP contribution is 2.21. The van der Waals surface area contributed by atoms with Crippen LogP contribution < -0.4 is 5.32 Å². The van der Waals surface area contributed by atoms with Gasteiger partial charge >= 0.3 is 0 Å². The van der Waals surface area contributed by atoms with E-state index in [0.717, 1.165) is 5.56 Å². The van der Waals surface area contributed by atoms with E-state index in [1.807, 2.05) is 30.3 Å². The Hall–Kier alpha value is -2.66. The summed E-state index contributed by atoms with van der Waals surface area (Å²) in [6, 6.07) is 15.5. The van der Waals surface area contributed by atoms with Crippen molar-refractivity contribution < 1.29 is 18.7 Å². The van der Waals surface area contributed by atoms with E-state index < -0.39 is 17.8 Å². The van der Waals surface area contributed by atoms with Gasteiger partial charge in [0.25, 0.3) is 5.91 Å². The molecule has 0 spiro atoms. The highest BCUT2D eigenvalue weighted by atomic mass is 19.1. The Kier molecular flexibility index (Phi) is 4.39. The van der Waals surface area contributed by atoms with Crippen molar-refractivity contribution in [1.82, 2.24) is 5.32 Å². The number of fused-ring (bicyclic) bond motifs is 1. The van der Waals surface area contributed by atoms with Gasteiger partial charge in [0.2, 0.25) is 0 Å². The topological polar surface area (TPSA) is 62.5 Å². The lowest BCUT2D eigenvalue weighted by Gasteiger charge is -2.11. The fraction of sp³-hybridized carbons (Fsp3) is 0.167. The lowest BCUT2D eigenvalue weighted by atomic mass is 10.1. The number of rotatable bonds is 5. The second kappa shape index (κ2) is 6.62. The van der Waals surface area contributed by atoms with Crippen molar-refractivity contribution >= 4 is 16.9 Å². The first-order chi connectivity index (χ1) is 11.1. The van der Waals surface area contributed by atoms with Gasteiger partial charge in [-0.05, 0) is 17.7 Å². The molecule has 3 aromatic rings. The Balaban J connectivity index is 1.61. The number of amides is 1. The molecule has 1 amide bonds. The maximum atomic E-state index is 13.6. The zero-order chi connectivity index (χ0) is 16.2. The number of hydrogen-bond donors (Lipinski definition) is 2. The van der Waals surface area contributed by atoms with Crippen LogP contribution in [-0.4, -0.2) is 23.7 Å². The van der Waals surface area contributed by atoms with Gasteiger partial charge in [0, 0.05) is 18.4 Å². The molecule has 118 valence electrons. The minimum atomic E-state index is -0.706. The van der Waals surface area contributed by atoms with Gasteiger partial charge in [-0.15, -0.1) is 0 Å². The summed E-state index contributed by atoms with van der Waals surface area (Å²) in [5.74, 6) is -0.963. The van der Waals surface area contributed by atoms with Gasteiger partial charge in [0.1, 0.15) is 0 Å². The van der Waals surface area contributed by atoms with Crippen LogP contribution in [0.3, 0.4) is 0 Å². The third-order valence-electron chi connectivity index (χ3n) is 3.53. The van der Waals surface area contributed by atoms with Crippen molar-refractivity contribution in [2.24, 2.45) is 0 Å². The number of aliphatic hydroxyl groups is 1. The lowest BCUT2D eigenvalue weighted by Crippen LogP contribution is -2.33. The summed E-state index contributed by atoms with van der Waals surface area (Å²) in [6.45, 7) is 0.0905. The molecule has 3 rings (SSSR count). The highest BCUT2D eigenvalue weighted by Gasteiger charge is 2.15. The number of aliphatic hydroxyl groups excluding tert-OH is 1. The number of carbonyl (C=O) groups excluding carboxylic acids is 1. The van der Waals surface area contributed by atoms with Gasteiger partial charge in [-0.2, -0.15) is 0 Å². The van der Waals surface area contributed by atoms with Crippen molar-refractivity contribution in [1.29, 1.82) is 0 Å². The molecule has 1 atom stereocenters. The first-order valence-electron chi connectivity index (χ1n) is 7.32. The molecule has 1 aromatic heterocycles. The largest absolute Gasteiger partial charge is 0.448 e. The van der Waals surface area contributed by atoms with E-state index in [2.05, 4.69) is 5.32 Å². The van der Waals surface area contributed by atoms with Crippen molar-refractivity contribution in [2.75, 3.05) is 6.54 Å². The number of para-hydroxylation sites is 1. The maximum absolute atomic E-state index is 13.6. The van der Waals surface area contributed by atoms with E-state index in [0.29, 0.717) is 11.8 Å². The molecule has 2 N–H and O–H groups in total. The van der Waals surface area contributed by atoms with Gasteiger partial charge in [-0.3, -0.25) is 4.79 Å². The highest BCUT2D eigenvalue weighted by molar-refractivity contribution is 5.96. The SMILES string of the molecule is O=C(NCC(O)Cc1ccccc1)c1cc2cccc(F)c2o1. The molecule has 0 aliphatic heterocycles. The molecule has 1 heterocycles. The van der Waals surface area contributed by atoms with Gasteiger partial charge in [-0.1, -0.05) is 42.5 Å². The first kappa shape index (κ1) is 15.2. The molecular formula is C18H16FNO3. The standard InChI is InChI=1S/C18H16FNO3/c19-15-8-4-7-13-10-16(23-17(13)15)18(22)20-11-14(21)9-12-5-2-1-3-6-12/h1-8,10,14,21H,9,11H2,(H,20,22). The van der Waals surface area contributed by atoms with Gasteiger partial charge in [-0.25, -0.2) is 4.39 Å². The average molecular weight is 313 g/mol. The number of benzene rings is 2. The minimum Gasteiger partial charge on any atom is -0.448 e. The molecule has 0 saturated carbocycles. The molecule has 1 unspecified atom stereocenters. The Morgan fingerprint density at radius 3 is 2.70 bits per heavy atom. The fourth-order valence-electron chi connectivity index (χ4n) is 2.40. The molecule has 0 bridgehead atoms. The Morgan fingerprint density at radius 2 is 1.96 bits per heavy atom. The summed E-state index contributed by atoms with van der Waals surface area (Å²) in [5.41, 5.74) is 1.04. The molecule has 0 radical (unpaired) electrons. The fourth-order valence-corrected chi connectivity index (χ4v) is 2.40. The first-order valence-corrected chi connectivity index (χ1v) is 7.32. The van der Waals surface area contributed by atoms with E-state index in [1.165, 1.54) is 12.1 Å². The minimum absolute atomic E-state index is 0.0250. The van der Waals surface area contributed by atoms with Crippen molar-refractivity contribution in [3.05, 3.63) is 71.7 Å². The molecule has 0 saturated heterocycles. The molecule has 5 heteroatoms. The summed E-state index contributed by atoms with van der Waals surface area (Å²) >= 11 is 0. The van der Waals surface area contributed by atoms with Crippen LogP contribution in [0.25, 0.3) is 11.0 Å². The second-order valence-corrected chi connectivity index (χ2v) is 5.32. The van der Waals surface area contributed by atoms with Crippen LogP contribution in [0.5, 0.6) is 0 Å². The summed E-state index contributed by atoms with van der Waals surface area (Å²) < 4.78 is 18.8. The normalized spacial score (nSPS) is 12.3. The number of furan rings is 1. The monoisotopic (exact) mass is 313 g/mol. The molecule has 0 fully saturated rings. The smallest absolute Gasteiger partial charge is 0.287 e. The van der Waals surface area contributed by atoms with Crippen LogP contribution in [0.15, 0.2) is 59.0 Å². The van der Waals surface area contributed by atoms with Crippen LogP contribution in [0.2, 0.25) is 0 Å². The third-order valence-corrected chi connectivity index (χ3v) is 3.53. The lowest BCUT2D eigenvalue weighted by molar-refractivity contribution is 0.0890. The number of halogens is 1.